The molecule has 0 aromatic carbocycles. The Bertz CT molecular complexity index is 111. The van der Waals surface area contributed by atoms with Gasteiger partial charge >= 0.3 is 57.3 Å². The summed E-state index contributed by atoms with van der Waals surface area (Å²) in [4.78, 5) is 2.37. The summed E-state index contributed by atoms with van der Waals surface area (Å²) < 4.78 is 0. The monoisotopic (exact) mass is 122 g/mol. The van der Waals surface area contributed by atoms with Gasteiger partial charge in [-0.05, 0) is 0 Å². The summed E-state index contributed by atoms with van der Waals surface area (Å²) in [7, 11) is 5.68. The van der Waals surface area contributed by atoms with E-state index in [-0.39, 0.29) is 0 Å². The molecule has 0 aliphatic carbocycles. The Morgan fingerprint density at radius 1 is 1.67 bits per heavy atom. The van der Waals surface area contributed by atoms with Gasteiger partial charge in [-0.3, -0.25) is 0 Å². The number of hydrogen-bond donors (Lipinski definition) is 0. The van der Waals surface area contributed by atoms with Crippen LogP contribution in [0.4, 0.5) is 0 Å². The van der Waals surface area contributed by atoms with E-state index < -0.39 is 0 Å². The molecule has 9 heavy (non-hydrogen) atoms. The van der Waals surface area contributed by atoms with E-state index in [2.05, 4.69) is 11.8 Å². The summed E-state index contributed by atoms with van der Waals surface area (Å²) in [6, 6.07) is 0. The molecule has 49 valence electrons. The van der Waals surface area contributed by atoms with Crippen LogP contribution in [0.15, 0.2) is 0 Å². The summed E-state index contributed by atoms with van der Waals surface area (Å²) in [6.07, 6.45) is 2.39. The van der Waals surface area contributed by atoms with Crippen LogP contribution >= 0.6 is 0 Å². The third-order valence-corrected chi connectivity index (χ3v) is 1.85. The second kappa shape index (κ2) is 3.16. The Labute approximate surface area is 58.1 Å². The molecule has 0 spiro atoms. The molecule has 1 rings (SSSR count). The fourth-order valence-electron chi connectivity index (χ4n) is 1.24. The van der Waals surface area contributed by atoms with Crippen LogP contribution in [-0.4, -0.2) is 37.5 Å². The van der Waals surface area contributed by atoms with Crippen molar-refractivity contribution < 1.29 is 0 Å². The van der Waals surface area contributed by atoms with Crippen molar-refractivity contribution in [3.63, 3.8) is 0 Å². The molecule has 0 amide bonds. The predicted octanol–water partition coefficient (Wildman–Crippen LogP) is 0.443. The van der Waals surface area contributed by atoms with Gasteiger partial charge in [-0.1, -0.05) is 0 Å². The first-order valence-electron chi connectivity index (χ1n) is 3.65. The van der Waals surface area contributed by atoms with Crippen molar-refractivity contribution in [1.29, 1.82) is 0 Å². The molecule has 0 bridgehead atoms. The van der Waals surface area contributed by atoms with Crippen LogP contribution in [0.5, 0.6) is 0 Å². The fourth-order valence-corrected chi connectivity index (χ4v) is 1.24. The van der Waals surface area contributed by atoms with Gasteiger partial charge in [0.1, 0.15) is 0 Å². The van der Waals surface area contributed by atoms with Crippen molar-refractivity contribution >= 4 is 13.0 Å². The molecule has 0 aromatic heterocycles. The van der Waals surface area contributed by atoms with Crippen LogP contribution in [0.2, 0.25) is 0 Å². The maximum absolute atomic E-state index is 5.68. The SMILES string of the molecule is [B]=C1CCCN(CC)C1. The average molecular weight is 122 g/mol. The van der Waals surface area contributed by atoms with E-state index >= 15 is 0 Å². The molecule has 1 saturated heterocycles. The molecule has 1 nitrogen and oxygen atoms in total. The van der Waals surface area contributed by atoms with Crippen LogP contribution in [0.3, 0.4) is 0 Å². The van der Waals surface area contributed by atoms with Gasteiger partial charge in [-0.15, -0.1) is 0 Å². The van der Waals surface area contributed by atoms with Crippen LogP contribution in [-0.2, 0) is 0 Å². The van der Waals surface area contributed by atoms with E-state index in [9.17, 15) is 0 Å². The first kappa shape index (κ1) is 7.01. The number of nitrogens with zero attached hydrogens (tertiary/aromatic N) is 1. The molecule has 2 heteroatoms. The van der Waals surface area contributed by atoms with Gasteiger partial charge in [0.15, 0.2) is 0 Å². The number of piperidine rings is 1. The van der Waals surface area contributed by atoms with Gasteiger partial charge in [0.25, 0.3) is 0 Å². The van der Waals surface area contributed by atoms with Crippen molar-refractivity contribution in [3.8, 4) is 0 Å². The predicted molar refractivity (Wildman–Crippen MR) is 42.1 cm³/mol. The van der Waals surface area contributed by atoms with Crippen molar-refractivity contribution in [2.24, 2.45) is 0 Å². The molecule has 0 saturated carbocycles. The molecule has 1 heterocycles. The van der Waals surface area contributed by atoms with E-state index in [0.717, 1.165) is 25.0 Å². The van der Waals surface area contributed by atoms with Crippen molar-refractivity contribution in [3.05, 3.63) is 0 Å². The van der Waals surface area contributed by atoms with Gasteiger partial charge in [0.05, 0.1) is 0 Å². The van der Waals surface area contributed by atoms with Crippen molar-refractivity contribution in [2.75, 3.05) is 19.6 Å². The molecule has 0 N–H and O–H groups in total. The summed E-state index contributed by atoms with van der Waals surface area (Å²) in [5, 5.41) is 0. The summed E-state index contributed by atoms with van der Waals surface area (Å²) in [5.74, 6) is 0. The number of likely N-dealkylation sites (tertiary alicyclic amines) is 1. The van der Waals surface area contributed by atoms with Crippen LogP contribution in [0, 0.1) is 0 Å². The zero-order chi connectivity index (χ0) is 6.69. The minimum absolute atomic E-state index is 1.02. The Hall–Kier alpha value is -0.105. The van der Waals surface area contributed by atoms with Crippen LogP contribution in [0.1, 0.15) is 19.8 Å². The molecule has 0 aromatic rings. The zero-order valence-corrected chi connectivity index (χ0v) is 6.06. The first-order valence-corrected chi connectivity index (χ1v) is 3.65. The summed E-state index contributed by atoms with van der Waals surface area (Å²) in [5.41, 5.74) is 1.16. The second-order valence-electron chi connectivity index (χ2n) is 2.63. The molecule has 1 radical (unpaired) electrons. The van der Waals surface area contributed by atoms with E-state index in [4.69, 9.17) is 7.49 Å². The van der Waals surface area contributed by atoms with Crippen LogP contribution < -0.4 is 0 Å². The average Bonchev–Trinajstić information content (AvgIpc) is 1.88. The quantitative estimate of drug-likeness (QED) is 0.456. The van der Waals surface area contributed by atoms with Crippen molar-refractivity contribution in [2.45, 2.75) is 19.8 Å². The van der Waals surface area contributed by atoms with Gasteiger partial charge in [-0.2, -0.15) is 0 Å². The second-order valence-corrected chi connectivity index (χ2v) is 2.63. The van der Waals surface area contributed by atoms with E-state index in [0.29, 0.717) is 0 Å². The normalized spacial score (nSPS) is 22.4. The molecular formula is C7H13BN. The Balaban J connectivity index is 2.32. The summed E-state index contributed by atoms with van der Waals surface area (Å²) >= 11 is 0. The van der Waals surface area contributed by atoms with E-state index in [1.807, 2.05) is 0 Å². The molecule has 1 aliphatic heterocycles. The zero-order valence-electron chi connectivity index (χ0n) is 6.06. The van der Waals surface area contributed by atoms with E-state index in [1.54, 1.807) is 0 Å². The Morgan fingerprint density at radius 3 is 2.89 bits per heavy atom. The Morgan fingerprint density at radius 2 is 2.44 bits per heavy atom. The third kappa shape index (κ3) is 1.94. The van der Waals surface area contributed by atoms with Gasteiger partial charge < -0.3 is 0 Å². The number of rotatable bonds is 1. The Kier molecular flexibility index (Phi) is 2.46. The van der Waals surface area contributed by atoms with Crippen molar-refractivity contribution in [1.82, 2.24) is 4.90 Å². The number of hydrogen-bond acceptors (Lipinski definition) is 1. The molecule has 1 fully saturated rings. The van der Waals surface area contributed by atoms with Gasteiger partial charge in [0, 0.05) is 0 Å². The molecule has 0 unspecified atom stereocenters. The van der Waals surface area contributed by atoms with Crippen LogP contribution in [0.25, 0.3) is 0 Å². The molecule has 0 atom stereocenters. The standard InChI is InChI=1S/C7H13BN/c1-2-9-5-3-4-7(8)6-9/h2-6H2,1H3. The molecule has 1 aliphatic rings. The first-order chi connectivity index (χ1) is 4.33. The third-order valence-electron chi connectivity index (χ3n) is 1.85. The maximum atomic E-state index is 5.68. The van der Waals surface area contributed by atoms with Gasteiger partial charge in [-0.25, -0.2) is 0 Å². The van der Waals surface area contributed by atoms with Gasteiger partial charge in [0.2, 0.25) is 0 Å². The minimum atomic E-state index is 1.02. The summed E-state index contributed by atoms with van der Waals surface area (Å²) in [6.45, 7) is 5.58. The molecular weight excluding hydrogens is 109 g/mol. The fraction of sp³-hybridized carbons (Fsp3) is 0.857. The topological polar surface area (TPSA) is 3.24 Å². The van der Waals surface area contributed by atoms with E-state index in [1.165, 1.54) is 13.0 Å².